The van der Waals surface area contributed by atoms with Crippen LogP contribution in [0.5, 0.6) is 0 Å². The molecule has 0 unspecified atom stereocenters. The van der Waals surface area contributed by atoms with Gasteiger partial charge in [0.15, 0.2) is 0 Å². The molecule has 1 aliphatic carbocycles. The van der Waals surface area contributed by atoms with Gasteiger partial charge in [-0.1, -0.05) is 37.3 Å². The molecule has 112 valence electrons. The van der Waals surface area contributed by atoms with Gasteiger partial charge >= 0.3 is 0 Å². The Morgan fingerprint density at radius 2 is 1.85 bits per heavy atom. The van der Waals surface area contributed by atoms with Crippen molar-refractivity contribution in [2.24, 2.45) is 5.92 Å². The Bertz CT molecular complexity index is 385. The monoisotopic (exact) mass is 277 g/mol. The standard InChI is InChI=1S/C17H27NO2/c1-15-7-9-17(20,10-8-15)14-18(11-12-19)13-16-5-3-2-4-6-16/h2-6,15,19-20H,7-14H2,1H3. The van der Waals surface area contributed by atoms with Crippen molar-refractivity contribution in [3.8, 4) is 0 Å². The molecule has 1 aromatic rings. The zero-order chi connectivity index (χ0) is 14.4. The van der Waals surface area contributed by atoms with Crippen LogP contribution in [0.25, 0.3) is 0 Å². The highest BCUT2D eigenvalue weighted by Gasteiger charge is 2.33. The summed E-state index contributed by atoms with van der Waals surface area (Å²) < 4.78 is 0. The van der Waals surface area contributed by atoms with Gasteiger partial charge in [-0.05, 0) is 37.2 Å². The molecular weight excluding hydrogens is 250 g/mol. The predicted octanol–water partition coefficient (Wildman–Crippen LogP) is 2.42. The number of aliphatic hydroxyl groups is 2. The molecule has 0 heterocycles. The molecule has 1 saturated carbocycles. The van der Waals surface area contributed by atoms with E-state index in [1.807, 2.05) is 18.2 Å². The second kappa shape index (κ2) is 7.21. The third kappa shape index (κ3) is 4.58. The Balaban J connectivity index is 1.95. The molecule has 0 amide bonds. The van der Waals surface area contributed by atoms with Gasteiger partial charge in [0.05, 0.1) is 12.2 Å². The van der Waals surface area contributed by atoms with Crippen LogP contribution in [0.15, 0.2) is 30.3 Å². The van der Waals surface area contributed by atoms with Crippen LogP contribution in [0.2, 0.25) is 0 Å². The summed E-state index contributed by atoms with van der Waals surface area (Å²) in [7, 11) is 0. The fraction of sp³-hybridized carbons (Fsp3) is 0.647. The second-order valence-corrected chi connectivity index (χ2v) is 6.33. The van der Waals surface area contributed by atoms with Crippen LogP contribution < -0.4 is 0 Å². The zero-order valence-corrected chi connectivity index (χ0v) is 12.5. The van der Waals surface area contributed by atoms with Gasteiger partial charge in [0.2, 0.25) is 0 Å². The Labute approximate surface area is 122 Å². The molecule has 1 aromatic carbocycles. The average Bonchev–Trinajstić information content (AvgIpc) is 2.44. The molecule has 0 aliphatic heterocycles. The van der Waals surface area contributed by atoms with Crippen LogP contribution in [-0.2, 0) is 6.54 Å². The van der Waals surface area contributed by atoms with E-state index in [2.05, 4.69) is 24.0 Å². The van der Waals surface area contributed by atoms with Crippen molar-refractivity contribution in [1.29, 1.82) is 0 Å². The van der Waals surface area contributed by atoms with Crippen molar-refractivity contribution in [2.75, 3.05) is 19.7 Å². The normalized spacial score (nSPS) is 26.9. The maximum atomic E-state index is 10.7. The van der Waals surface area contributed by atoms with E-state index in [1.165, 1.54) is 5.56 Å². The van der Waals surface area contributed by atoms with E-state index in [0.717, 1.165) is 38.1 Å². The second-order valence-electron chi connectivity index (χ2n) is 6.33. The molecule has 1 aliphatic rings. The van der Waals surface area contributed by atoms with E-state index in [-0.39, 0.29) is 6.61 Å². The third-order valence-corrected chi connectivity index (χ3v) is 4.39. The van der Waals surface area contributed by atoms with Crippen molar-refractivity contribution >= 4 is 0 Å². The van der Waals surface area contributed by atoms with Crippen LogP contribution in [0.4, 0.5) is 0 Å². The Morgan fingerprint density at radius 1 is 1.20 bits per heavy atom. The fourth-order valence-corrected chi connectivity index (χ4v) is 3.07. The van der Waals surface area contributed by atoms with Crippen molar-refractivity contribution in [2.45, 2.75) is 44.8 Å². The Hall–Kier alpha value is -0.900. The average molecular weight is 277 g/mol. The lowest BCUT2D eigenvalue weighted by Gasteiger charge is -2.38. The van der Waals surface area contributed by atoms with Gasteiger partial charge in [0, 0.05) is 19.6 Å². The minimum atomic E-state index is -0.573. The van der Waals surface area contributed by atoms with Gasteiger partial charge in [0.1, 0.15) is 0 Å². The molecule has 3 heteroatoms. The fourth-order valence-electron chi connectivity index (χ4n) is 3.07. The van der Waals surface area contributed by atoms with Gasteiger partial charge in [-0.3, -0.25) is 4.90 Å². The van der Waals surface area contributed by atoms with Crippen LogP contribution in [0.3, 0.4) is 0 Å². The molecule has 1 fully saturated rings. The van der Waals surface area contributed by atoms with Crippen LogP contribution in [0.1, 0.15) is 38.2 Å². The van der Waals surface area contributed by atoms with E-state index in [9.17, 15) is 10.2 Å². The van der Waals surface area contributed by atoms with Crippen molar-refractivity contribution in [3.05, 3.63) is 35.9 Å². The van der Waals surface area contributed by atoms with Crippen LogP contribution >= 0.6 is 0 Å². The van der Waals surface area contributed by atoms with Crippen molar-refractivity contribution < 1.29 is 10.2 Å². The largest absolute Gasteiger partial charge is 0.395 e. The Morgan fingerprint density at radius 3 is 2.45 bits per heavy atom. The quantitative estimate of drug-likeness (QED) is 0.839. The highest BCUT2D eigenvalue weighted by Crippen LogP contribution is 2.32. The van der Waals surface area contributed by atoms with Gasteiger partial charge in [-0.25, -0.2) is 0 Å². The molecule has 0 bridgehead atoms. The van der Waals surface area contributed by atoms with Crippen molar-refractivity contribution in [3.63, 3.8) is 0 Å². The predicted molar refractivity (Wildman–Crippen MR) is 81.4 cm³/mol. The van der Waals surface area contributed by atoms with E-state index < -0.39 is 5.60 Å². The Kier molecular flexibility index (Phi) is 5.58. The highest BCUT2D eigenvalue weighted by molar-refractivity contribution is 5.14. The molecule has 2 rings (SSSR count). The summed E-state index contributed by atoms with van der Waals surface area (Å²) in [6.45, 7) is 4.47. The summed E-state index contributed by atoms with van der Waals surface area (Å²) in [6, 6.07) is 10.3. The molecule has 0 atom stereocenters. The molecule has 3 nitrogen and oxygen atoms in total. The minimum Gasteiger partial charge on any atom is -0.395 e. The summed E-state index contributed by atoms with van der Waals surface area (Å²) in [5, 5.41) is 20.0. The molecule has 0 aromatic heterocycles. The highest BCUT2D eigenvalue weighted by atomic mass is 16.3. The smallest absolute Gasteiger partial charge is 0.0774 e. The number of rotatable bonds is 6. The first kappa shape index (κ1) is 15.5. The summed E-state index contributed by atoms with van der Waals surface area (Å²) in [4.78, 5) is 2.17. The molecular formula is C17H27NO2. The molecule has 2 N–H and O–H groups in total. The number of hydrogen-bond acceptors (Lipinski definition) is 3. The number of benzene rings is 1. The maximum Gasteiger partial charge on any atom is 0.0774 e. The lowest BCUT2D eigenvalue weighted by Crippen LogP contribution is -2.45. The van der Waals surface area contributed by atoms with E-state index in [1.54, 1.807) is 0 Å². The summed E-state index contributed by atoms with van der Waals surface area (Å²) in [5.74, 6) is 0.732. The van der Waals surface area contributed by atoms with E-state index in [0.29, 0.717) is 13.1 Å². The number of aliphatic hydroxyl groups excluding tert-OH is 1. The zero-order valence-electron chi connectivity index (χ0n) is 12.5. The number of nitrogens with zero attached hydrogens (tertiary/aromatic N) is 1. The molecule has 0 radical (unpaired) electrons. The molecule has 20 heavy (non-hydrogen) atoms. The van der Waals surface area contributed by atoms with Crippen molar-refractivity contribution in [1.82, 2.24) is 4.90 Å². The molecule has 0 saturated heterocycles. The van der Waals surface area contributed by atoms with Crippen LogP contribution in [0, 0.1) is 5.92 Å². The van der Waals surface area contributed by atoms with Gasteiger partial charge in [-0.2, -0.15) is 0 Å². The summed E-state index contributed by atoms with van der Waals surface area (Å²) in [5.41, 5.74) is 0.657. The SMILES string of the molecule is CC1CCC(O)(CN(CCO)Cc2ccccc2)CC1. The first-order valence-electron chi connectivity index (χ1n) is 7.71. The van der Waals surface area contributed by atoms with Crippen LogP contribution in [-0.4, -0.2) is 40.4 Å². The van der Waals surface area contributed by atoms with E-state index in [4.69, 9.17) is 0 Å². The lowest BCUT2D eigenvalue weighted by atomic mass is 9.79. The van der Waals surface area contributed by atoms with Gasteiger partial charge in [-0.15, -0.1) is 0 Å². The lowest BCUT2D eigenvalue weighted by molar-refractivity contribution is -0.0391. The van der Waals surface area contributed by atoms with Gasteiger partial charge in [0.25, 0.3) is 0 Å². The summed E-state index contributed by atoms with van der Waals surface area (Å²) >= 11 is 0. The maximum absolute atomic E-state index is 10.7. The minimum absolute atomic E-state index is 0.138. The van der Waals surface area contributed by atoms with Gasteiger partial charge < -0.3 is 10.2 Å². The first-order chi connectivity index (χ1) is 9.61. The third-order valence-electron chi connectivity index (χ3n) is 4.39. The summed E-state index contributed by atoms with van der Waals surface area (Å²) in [6.07, 6.45) is 3.97. The molecule has 0 spiro atoms. The topological polar surface area (TPSA) is 43.7 Å². The number of hydrogen-bond donors (Lipinski definition) is 2. The van der Waals surface area contributed by atoms with E-state index >= 15 is 0 Å². The first-order valence-corrected chi connectivity index (χ1v) is 7.71.